The molecule has 0 spiro atoms. The summed E-state index contributed by atoms with van der Waals surface area (Å²) >= 11 is 0. The highest BCUT2D eigenvalue weighted by Crippen LogP contribution is 2.31. The van der Waals surface area contributed by atoms with Gasteiger partial charge in [-0.05, 0) is 44.5 Å². The van der Waals surface area contributed by atoms with Gasteiger partial charge in [-0.15, -0.1) is 0 Å². The fourth-order valence-corrected chi connectivity index (χ4v) is 2.76. The summed E-state index contributed by atoms with van der Waals surface area (Å²) in [6.45, 7) is 6.36. The van der Waals surface area contributed by atoms with E-state index in [1.807, 2.05) is 38.1 Å². The minimum Gasteiger partial charge on any atom is -0.494 e. The van der Waals surface area contributed by atoms with Gasteiger partial charge in [0.05, 0.1) is 12.8 Å². The number of carbonyl (C=O) groups is 1. The molecule has 0 aliphatic carbocycles. The molecule has 2 rings (SSSR count). The molecule has 0 bridgehead atoms. The minimum absolute atomic E-state index is 0.131. The van der Waals surface area contributed by atoms with E-state index in [1.165, 1.54) is 0 Å². The van der Waals surface area contributed by atoms with Gasteiger partial charge in [-0.3, -0.25) is 9.78 Å². The Balaban J connectivity index is 2.32. The topological polar surface area (TPSA) is 60.5 Å². The number of nitrogens with one attached hydrogen (secondary N) is 1. The summed E-state index contributed by atoms with van der Waals surface area (Å²) in [5.41, 5.74) is 0.606. The number of ether oxygens (including phenoxy) is 2. The Labute approximate surface area is 143 Å². The molecule has 0 saturated carbocycles. The van der Waals surface area contributed by atoms with Crippen molar-refractivity contribution >= 4 is 22.5 Å². The third kappa shape index (κ3) is 3.85. The summed E-state index contributed by atoms with van der Waals surface area (Å²) in [6.07, 6.45) is 4.36. The van der Waals surface area contributed by atoms with Gasteiger partial charge < -0.3 is 14.8 Å². The molecule has 1 amide bonds. The molecule has 130 valence electrons. The summed E-state index contributed by atoms with van der Waals surface area (Å²) in [5.74, 6) is 0.551. The number of pyridine rings is 1. The van der Waals surface area contributed by atoms with Crippen molar-refractivity contribution in [2.45, 2.75) is 45.6 Å². The molecular weight excluding hydrogens is 304 g/mol. The fourth-order valence-electron chi connectivity index (χ4n) is 2.76. The van der Waals surface area contributed by atoms with Gasteiger partial charge in [0, 0.05) is 18.2 Å². The average molecular weight is 330 g/mol. The van der Waals surface area contributed by atoms with Crippen LogP contribution in [0.5, 0.6) is 5.75 Å². The van der Waals surface area contributed by atoms with Gasteiger partial charge in [0.25, 0.3) is 5.91 Å². The number of benzene rings is 1. The Hall–Kier alpha value is -2.14. The van der Waals surface area contributed by atoms with Gasteiger partial charge >= 0.3 is 0 Å². The van der Waals surface area contributed by atoms with E-state index < -0.39 is 5.60 Å². The standard InChI is InChI=1S/C19H26N2O3/c1-5-7-12-19(3,24-6-2)18(22)21-15-10-11-16(23-4)17-14(15)9-8-13-20-17/h8-11,13H,5-7,12H2,1-4H3,(H,21,22). The van der Waals surface area contributed by atoms with E-state index in [-0.39, 0.29) is 5.91 Å². The summed E-state index contributed by atoms with van der Waals surface area (Å²) in [6, 6.07) is 7.42. The highest BCUT2D eigenvalue weighted by molar-refractivity contribution is 6.05. The van der Waals surface area contributed by atoms with E-state index >= 15 is 0 Å². The van der Waals surface area contributed by atoms with Crippen molar-refractivity contribution in [3.05, 3.63) is 30.5 Å². The number of hydrogen-bond donors (Lipinski definition) is 1. The Kier molecular flexibility index (Phi) is 6.15. The van der Waals surface area contributed by atoms with E-state index in [0.717, 1.165) is 23.7 Å². The van der Waals surface area contributed by atoms with E-state index in [0.29, 0.717) is 24.5 Å². The molecule has 5 heteroatoms. The van der Waals surface area contributed by atoms with Gasteiger partial charge in [-0.1, -0.05) is 19.8 Å². The zero-order valence-electron chi connectivity index (χ0n) is 14.9. The Bertz CT molecular complexity index is 702. The van der Waals surface area contributed by atoms with E-state index in [9.17, 15) is 4.79 Å². The van der Waals surface area contributed by atoms with Crippen molar-refractivity contribution in [3.63, 3.8) is 0 Å². The molecule has 24 heavy (non-hydrogen) atoms. The number of methoxy groups -OCH3 is 1. The van der Waals surface area contributed by atoms with Gasteiger partial charge in [0.15, 0.2) is 0 Å². The summed E-state index contributed by atoms with van der Waals surface area (Å²) in [4.78, 5) is 17.2. The van der Waals surface area contributed by atoms with Crippen molar-refractivity contribution in [2.24, 2.45) is 0 Å². The zero-order valence-corrected chi connectivity index (χ0v) is 14.9. The van der Waals surface area contributed by atoms with E-state index in [2.05, 4.69) is 17.2 Å². The average Bonchev–Trinajstić information content (AvgIpc) is 2.60. The Morgan fingerprint density at radius 2 is 2.08 bits per heavy atom. The maximum absolute atomic E-state index is 12.8. The van der Waals surface area contributed by atoms with Crippen molar-refractivity contribution in [1.82, 2.24) is 4.98 Å². The molecule has 0 aliphatic rings. The number of aromatic nitrogens is 1. The summed E-state index contributed by atoms with van der Waals surface area (Å²) in [7, 11) is 1.61. The number of hydrogen-bond acceptors (Lipinski definition) is 4. The molecule has 0 aliphatic heterocycles. The van der Waals surface area contributed by atoms with E-state index in [4.69, 9.17) is 9.47 Å². The van der Waals surface area contributed by atoms with Gasteiger partial charge in [0.2, 0.25) is 0 Å². The lowest BCUT2D eigenvalue weighted by Gasteiger charge is -2.28. The SMILES string of the molecule is CCCCC(C)(OCC)C(=O)Nc1ccc(OC)c2ncccc12. The lowest BCUT2D eigenvalue weighted by molar-refractivity contribution is -0.139. The molecule has 0 radical (unpaired) electrons. The summed E-state index contributed by atoms with van der Waals surface area (Å²) in [5, 5.41) is 3.86. The van der Waals surface area contributed by atoms with Crippen LogP contribution in [-0.4, -0.2) is 30.2 Å². The van der Waals surface area contributed by atoms with Crippen LogP contribution in [0.3, 0.4) is 0 Å². The Morgan fingerprint density at radius 1 is 1.29 bits per heavy atom. The van der Waals surface area contributed by atoms with Crippen LogP contribution in [0.25, 0.3) is 10.9 Å². The number of fused-ring (bicyclic) bond motifs is 1. The summed E-state index contributed by atoms with van der Waals surface area (Å²) < 4.78 is 11.1. The van der Waals surface area contributed by atoms with Gasteiger partial charge in [0.1, 0.15) is 16.9 Å². The quantitative estimate of drug-likeness (QED) is 0.789. The van der Waals surface area contributed by atoms with Crippen LogP contribution in [0.1, 0.15) is 40.0 Å². The smallest absolute Gasteiger partial charge is 0.256 e. The highest BCUT2D eigenvalue weighted by atomic mass is 16.5. The minimum atomic E-state index is -0.834. The first-order valence-electron chi connectivity index (χ1n) is 8.42. The molecule has 1 unspecified atom stereocenters. The molecule has 0 saturated heterocycles. The first kappa shape index (κ1) is 18.2. The second kappa shape index (κ2) is 8.11. The molecule has 1 heterocycles. The zero-order chi connectivity index (χ0) is 17.6. The lowest BCUT2D eigenvalue weighted by Crippen LogP contribution is -2.42. The molecule has 5 nitrogen and oxygen atoms in total. The molecule has 1 aromatic heterocycles. The van der Waals surface area contributed by atoms with Crippen LogP contribution >= 0.6 is 0 Å². The molecule has 0 fully saturated rings. The number of anilines is 1. The number of carbonyl (C=O) groups excluding carboxylic acids is 1. The first-order chi connectivity index (χ1) is 11.6. The number of amides is 1. The fraction of sp³-hybridized carbons (Fsp3) is 0.474. The van der Waals surface area contributed by atoms with Crippen molar-refractivity contribution in [1.29, 1.82) is 0 Å². The monoisotopic (exact) mass is 330 g/mol. The number of unbranched alkanes of at least 4 members (excludes halogenated alkanes) is 1. The molecular formula is C19H26N2O3. The highest BCUT2D eigenvalue weighted by Gasteiger charge is 2.33. The first-order valence-corrected chi connectivity index (χ1v) is 8.42. The maximum atomic E-state index is 12.8. The predicted octanol–water partition coefficient (Wildman–Crippen LogP) is 4.17. The number of rotatable bonds is 8. The second-order valence-electron chi connectivity index (χ2n) is 5.94. The van der Waals surface area contributed by atoms with Crippen LogP contribution < -0.4 is 10.1 Å². The third-order valence-corrected chi connectivity index (χ3v) is 4.15. The molecule has 2 aromatic rings. The van der Waals surface area contributed by atoms with Gasteiger partial charge in [-0.25, -0.2) is 0 Å². The van der Waals surface area contributed by atoms with Gasteiger partial charge in [-0.2, -0.15) is 0 Å². The van der Waals surface area contributed by atoms with Crippen LogP contribution in [0, 0.1) is 0 Å². The molecule has 1 aromatic carbocycles. The molecule has 1 atom stereocenters. The lowest BCUT2D eigenvalue weighted by atomic mass is 9.97. The van der Waals surface area contributed by atoms with Crippen LogP contribution in [0.4, 0.5) is 5.69 Å². The van der Waals surface area contributed by atoms with Crippen molar-refractivity contribution in [2.75, 3.05) is 19.0 Å². The van der Waals surface area contributed by atoms with Crippen molar-refractivity contribution < 1.29 is 14.3 Å². The van der Waals surface area contributed by atoms with Crippen LogP contribution in [-0.2, 0) is 9.53 Å². The third-order valence-electron chi connectivity index (χ3n) is 4.15. The Morgan fingerprint density at radius 3 is 2.75 bits per heavy atom. The normalized spacial score (nSPS) is 13.5. The van der Waals surface area contributed by atoms with Crippen LogP contribution in [0.15, 0.2) is 30.5 Å². The van der Waals surface area contributed by atoms with E-state index in [1.54, 1.807) is 13.3 Å². The second-order valence-corrected chi connectivity index (χ2v) is 5.94. The molecule has 1 N–H and O–H groups in total. The number of nitrogens with zero attached hydrogens (tertiary/aromatic N) is 1. The van der Waals surface area contributed by atoms with Crippen LogP contribution in [0.2, 0.25) is 0 Å². The largest absolute Gasteiger partial charge is 0.494 e. The maximum Gasteiger partial charge on any atom is 0.256 e. The van der Waals surface area contributed by atoms with Crippen molar-refractivity contribution in [3.8, 4) is 5.75 Å². The predicted molar refractivity (Wildman–Crippen MR) is 96.5 cm³/mol.